The molecule has 32 heavy (non-hydrogen) atoms. The zero-order valence-corrected chi connectivity index (χ0v) is 19.8. The molecule has 1 aromatic carbocycles. The van der Waals surface area contributed by atoms with Gasteiger partial charge in [0.1, 0.15) is 5.82 Å². The zero-order chi connectivity index (χ0) is 22.7. The predicted octanol–water partition coefficient (Wildman–Crippen LogP) is 2.98. The lowest BCUT2D eigenvalue weighted by atomic mass is 9.92. The summed E-state index contributed by atoms with van der Waals surface area (Å²) in [6, 6.07) is 7.27. The minimum atomic E-state index is -0.984. The number of amides is 2. The van der Waals surface area contributed by atoms with E-state index in [1.54, 1.807) is 17.0 Å². The first kappa shape index (κ1) is 23.6. The van der Waals surface area contributed by atoms with Gasteiger partial charge in [0.25, 0.3) is 5.91 Å². The lowest BCUT2D eigenvalue weighted by Gasteiger charge is -2.43. The van der Waals surface area contributed by atoms with Gasteiger partial charge in [-0.3, -0.25) is 9.59 Å². The molecule has 3 fully saturated rings. The third-order valence-corrected chi connectivity index (χ3v) is 7.52. The van der Waals surface area contributed by atoms with Gasteiger partial charge in [-0.25, -0.2) is 4.39 Å². The van der Waals surface area contributed by atoms with E-state index in [0.29, 0.717) is 51.0 Å². The van der Waals surface area contributed by atoms with E-state index < -0.39 is 4.84 Å². The Morgan fingerprint density at radius 2 is 1.47 bits per heavy atom. The quantitative estimate of drug-likeness (QED) is 0.616. The molecule has 0 bridgehead atoms. The van der Waals surface area contributed by atoms with Gasteiger partial charge in [-0.15, -0.1) is 0 Å². The van der Waals surface area contributed by atoms with Crippen LogP contribution in [-0.4, -0.2) is 89.8 Å². The van der Waals surface area contributed by atoms with Crippen LogP contribution in [0.15, 0.2) is 24.3 Å². The molecule has 0 spiro atoms. The topological polar surface area (TPSA) is 47.1 Å². The van der Waals surface area contributed by atoms with Crippen LogP contribution in [0, 0.1) is 11.7 Å². The van der Waals surface area contributed by atoms with Crippen LogP contribution in [0.2, 0.25) is 0 Å². The lowest BCUT2D eigenvalue weighted by Crippen LogP contribution is -2.53. The van der Waals surface area contributed by atoms with Gasteiger partial charge in [0, 0.05) is 51.2 Å². The average Bonchev–Trinajstić information content (AvgIpc) is 2.84. The van der Waals surface area contributed by atoms with Crippen LogP contribution >= 0.6 is 23.2 Å². The Morgan fingerprint density at radius 1 is 0.844 bits per heavy atom. The highest BCUT2D eigenvalue weighted by molar-refractivity contribution is 6.53. The number of benzene rings is 1. The Morgan fingerprint density at radius 3 is 2.06 bits per heavy atom. The SMILES string of the molecule is O=C(C(Cl)Cl)N1CCC(N2CCC(C(=O)N3CCN(c4ccccc4F)CC3)CC2)CC1. The van der Waals surface area contributed by atoms with Crippen LogP contribution in [0.3, 0.4) is 0 Å². The van der Waals surface area contributed by atoms with E-state index in [2.05, 4.69) is 4.90 Å². The van der Waals surface area contributed by atoms with Crippen molar-refractivity contribution in [2.24, 2.45) is 5.92 Å². The molecular formula is C23H31Cl2FN4O2. The summed E-state index contributed by atoms with van der Waals surface area (Å²) in [6.07, 6.45) is 3.58. The minimum Gasteiger partial charge on any atom is -0.366 e. The van der Waals surface area contributed by atoms with Crippen molar-refractivity contribution >= 4 is 40.7 Å². The van der Waals surface area contributed by atoms with Gasteiger partial charge in [-0.2, -0.15) is 0 Å². The summed E-state index contributed by atoms with van der Waals surface area (Å²) in [5.41, 5.74) is 0.619. The first-order valence-corrected chi connectivity index (χ1v) is 12.4. The van der Waals surface area contributed by atoms with Crippen LogP contribution in [-0.2, 0) is 9.59 Å². The second-order valence-corrected chi connectivity index (χ2v) is 10.0. The molecule has 3 heterocycles. The monoisotopic (exact) mass is 484 g/mol. The highest BCUT2D eigenvalue weighted by Gasteiger charge is 2.34. The number of likely N-dealkylation sites (tertiary alicyclic amines) is 2. The van der Waals surface area contributed by atoms with Gasteiger partial charge in [-0.05, 0) is 50.9 Å². The summed E-state index contributed by atoms with van der Waals surface area (Å²) in [7, 11) is 0. The lowest BCUT2D eigenvalue weighted by molar-refractivity contribution is -0.138. The van der Waals surface area contributed by atoms with E-state index in [1.807, 2.05) is 15.9 Å². The van der Waals surface area contributed by atoms with E-state index in [0.717, 1.165) is 38.8 Å². The van der Waals surface area contributed by atoms with Crippen LogP contribution in [0.25, 0.3) is 0 Å². The fraction of sp³-hybridized carbons (Fsp3) is 0.652. The Labute approximate surface area is 199 Å². The fourth-order valence-electron chi connectivity index (χ4n) is 5.24. The highest BCUT2D eigenvalue weighted by Crippen LogP contribution is 2.27. The molecule has 0 aromatic heterocycles. The van der Waals surface area contributed by atoms with E-state index in [9.17, 15) is 14.0 Å². The van der Waals surface area contributed by atoms with E-state index >= 15 is 0 Å². The van der Waals surface area contributed by atoms with Crippen molar-refractivity contribution in [2.75, 3.05) is 57.3 Å². The zero-order valence-electron chi connectivity index (χ0n) is 18.3. The van der Waals surface area contributed by atoms with Gasteiger partial charge < -0.3 is 19.6 Å². The smallest absolute Gasteiger partial charge is 0.255 e. The molecule has 0 saturated carbocycles. The molecule has 6 nitrogen and oxygen atoms in total. The third kappa shape index (κ3) is 5.32. The molecule has 3 aliphatic heterocycles. The molecule has 0 N–H and O–H groups in total. The number of piperidine rings is 2. The first-order valence-electron chi connectivity index (χ1n) is 11.5. The van der Waals surface area contributed by atoms with Crippen molar-refractivity contribution in [2.45, 2.75) is 36.6 Å². The van der Waals surface area contributed by atoms with E-state index in [4.69, 9.17) is 23.2 Å². The number of hydrogen-bond acceptors (Lipinski definition) is 4. The largest absolute Gasteiger partial charge is 0.366 e. The standard InChI is InChI=1S/C23H31Cl2FN4O2/c24-21(25)23(32)29-11-7-18(8-12-29)27-9-5-17(6-10-27)22(31)30-15-13-28(14-16-30)20-4-2-1-3-19(20)26/h1-4,17-18,21H,5-16H2. The molecule has 0 radical (unpaired) electrons. The normalized spacial score (nSPS) is 21.9. The summed E-state index contributed by atoms with van der Waals surface area (Å²) in [6.45, 7) is 5.80. The summed E-state index contributed by atoms with van der Waals surface area (Å²) in [5, 5.41) is 0. The predicted molar refractivity (Wildman–Crippen MR) is 125 cm³/mol. The number of carbonyl (C=O) groups is 2. The number of hydrogen-bond donors (Lipinski definition) is 0. The fourth-order valence-corrected chi connectivity index (χ4v) is 5.51. The number of anilines is 1. The highest BCUT2D eigenvalue weighted by atomic mass is 35.5. The number of alkyl halides is 2. The number of rotatable bonds is 4. The third-order valence-electron chi connectivity index (χ3n) is 7.14. The second-order valence-electron chi connectivity index (χ2n) is 8.93. The molecule has 3 aliphatic rings. The maximum absolute atomic E-state index is 14.0. The molecular weight excluding hydrogens is 454 g/mol. The van der Waals surface area contributed by atoms with Crippen LogP contribution in [0.1, 0.15) is 25.7 Å². The average molecular weight is 485 g/mol. The van der Waals surface area contributed by atoms with Gasteiger partial charge in [0.2, 0.25) is 5.91 Å². The number of halogens is 3. The molecule has 0 aliphatic carbocycles. The minimum absolute atomic E-state index is 0.0705. The Balaban J connectivity index is 1.21. The number of nitrogens with zero attached hydrogens (tertiary/aromatic N) is 4. The maximum Gasteiger partial charge on any atom is 0.255 e. The van der Waals surface area contributed by atoms with Crippen molar-refractivity contribution in [1.29, 1.82) is 0 Å². The van der Waals surface area contributed by atoms with Crippen LogP contribution in [0.5, 0.6) is 0 Å². The van der Waals surface area contributed by atoms with E-state index in [-0.39, 0.29) is 23.5 Å². The Hall–Kier alpha value is -1.57. The number of carbonyl (C=O) groups excluding carboxylic acids is 2. The van der Waals surface area contributed by atoms with Gasteiger partial charge in [0.15, 0.2) is 4.84 Å². The molecule has 4 rings (SSSR count). The van der Waals surface area contributed by atoms with Crippen molar-refractivity contribution in [1.82, 2.24) is 14.7 Å². The van der Waals surface area contributed by atoms with Gasteiger partial charge >= 0.3 is 0 Å². The second kappa shape index (κ2) is 10.6. The molecule has 1 aromatic rings. The molecule has 9 heteroatoms. The number of para-hydroxylation sites is 1. The summed E-state index contributed by atoms with van der Waals surface area (Å²) in [4.78, 5) is 32.2. The Bertz CT molecular complexity index is 803. The van der Waals surface area contributed by atoms with Gasteiger partial charge in [-0.1, -0.05) is 35.3 Å². The first-order chi connectivity index (χ1) is 15.4. The molecule has 0 unspecified atom stereocenters. The summed E-state index contributed by atoms with van der Waals surface area (Å²) < 4.78 is 14.0. The van der Waals surface area contributed by atoms with Crippen LogP contribution in [0.4, 0.5) is 10.1 Å². The van der Waals surface area contributed by atoms with Crippen molar-refractivity contribution in [3.05, 3.63) is 30.1 Å². The van der Waals surface area contributed by atoms with Gasteiger partial charge in [0.05, 0.1) is 5.69 Å². The summed E-state index contributed by atoms with van der Waals surface area (Å²) in [5.74, 6) is -0.0964. The molecule has 3 saturated heterocycles. The van der Waals surface area contributed by atoms with Crippen molar-refractivity contribution in [3.8, 4) is 0 Å². The Kier molecular flexibility index (Phi) is 7.79. The van der Waals surface area contributed by atoms with E-state index in [1.165, 1.54) is 6.07 Å². The molecule has 176 valence electrons. The van der Waals surface area contributed by atoms with Crippen molar-refractivity contribution < 1.29 is 14.0 Å². The molecule has 0 atom stereocenters. The summed E-state index contributed by atoms with van der Waals surface area (Å²) >= 11 is 11.4. The van der Waals surface area contributed by atoms with Crippen LogP contribution < -0.4 is 4.90 Å². The number of piperazine rings is 1. The maximum atomic E-state index is 14.0. The molecule has 2 amide bonds. The van der Waals surface area contributed by atoms with Crippen molar-refractivity contribution in [3.63, 3.8) is 0 Å².